The minimum Gasteiger partial charge on any atom is -0.390 e. The fraction of sp³-hybridized carbons (Fsp3) is 0.294. The zero-order valence-corrected chi connectivity index (χ0v) is 16.1. The van der Waals surface area contributed by atoms with Crippen molar-refractivity contribution >= 4 is 38.0 Å². The minimum absolute atomic E-state index is 0.0717. The topological polar surface area (TPSA) is 119 Å². The quantitative estimate of drug-likeness (QED) is 0.619. The van der Waals surface area contributed by atoms with E-state index in [0.29, 0.717) is 27.8 Å². The molecule has 3 N–H and O–H groups in total. The number of aryl methyl sites for hydroxylation is 1. The van der Waals surface area contributed by atoms with Gasteiger partial charge in [0.2, 0.25) is 4.34 Å². The maximum absolute atomic E-state index is 12.7. The largest absolute Gasteiger partial charge is 0.390 e. The van der Waals surface area contributed by atoms with Crippen LogP contribution in [0.5, 0.6) is 0 Å². The Labute approximate surface area is 155 Å². The van der Waals surface area contributed by atoms with Gasteiger partial charge in [0.1, 0.15) is 6.07 Å². The van der Waals surface area contributed by atoms with Crippen LogP contribution < -0.4 is 4.72 Å². The summed E-state index contributed by atoms with van der Waals surface area (Å²) in [6.45, 7) is 5.14. The fourth-order valence-corrected chi connectivity index (χ4v) is 4.82. The van der Waals surface area contributed by atoms with Crippen molar-refractivity contribution in [1.29, 1.82) is 5.26 Å². The van der Waals surface area contributed by atoms with Gasteiger partial charge in [-0.05, 0) is 32.4 Å². The van der Waals surface area contributed by atoms with Gasteiger partial charge < -0.3 is 10.1 Å². The Morgan fingerprint density at radius 1 is 1.42 bits per heavy atom. The minimum atomic E-state index is -3.88. The molecule has 0 aliphatic heterocycles. The maximum Gasteiger partial charge on any atom is 0.289 e. The van der Waals surface area contributed by atoms with Crippen LogP contribution in [-0.2, 0) is 16.4 Å². The van der Waals surface area contributed by atoms with E-state index in [1.54, 1.807) is 37.6 Å². The molecular formula is C17H18N4O3S2. The number of aromatic nitrogens is 2. The standard InChI is InChI=1S/C17H18N4O3S2/c1-10-4-5-13(15-14(10)11(7-18)8-19-15)21-26(23,24)16-20-12(9-25-16)6-17(2,3)22/h4-5,8-9,19,21-22H,6H2,1-3H3. The Morgan fingerprint density at radius 2 is 2.15 bits per heavy atom. The van der Waals surface area contributed by atoms with Crippen LogP contribution in [0.15, 0.2) is 28.0 Å². The van der Waals surface area contributed by atoms with E-state index < -0.39 is 15.6 Å². The smallest absolute Gasteiger partial charge is 0.289 e. The molecule has 0 unspecified atom stereocenters. The van der Waals surface area contributed by atoms with E-state index in [2.05, 4.69) is 20.8 Å². The summed E-state index contributed by atoms with van der Waals surface area (Å²) in [7, 11) is -3.88. The number of hydrogen-bond acceptors (Lipinski definition) is 6. The van der Waals surface area contributed by atoms with E-state index in [1.807, 2.05) is 6.92 Å². The van der Waals surface area contributed by atoms with Crippen molar-refractivity contribution in [1.82, 2.24) is 9.97 Å². The van der Waals surface area contributed by atoms with Crippen molar-refractivity contribution in [3.63, 3.8) is 0 Å². The number of nitrogens with zero attached hydrogens (tertiary/aromatic N) is 2. The zero-order chi connectivity index (χ0) is 19.1. The van der Waals surface area contributed by atoms with Crippen LogP contribution in [0.1, 0.15) is 30.7 Å². The molecule has 0 saturated carbocycles. The molecule has 1 aromatic carbocycles. The molecule has 0 bridgehead atoms. The van der Waals surface area contributed by atoms with Crippen LogP contribution in [0.25, 0.3) is 10.9 Å². The molecule has 3 aromatic rings. The first-order valence-corrected chi connectivity index (χ1v) is 10.2. The van der Waals surface area contributed by atoms with Gasteiger partial charge in [-0.3, -0.25) is 4.72 Å². The molecule has 0 amide bonds. The monoisotopic (exact) mass is 390 g/mol. The first-order chi connectivity index (χ1) is 12.1. The van der Waals surface area contributed by atoms with E-state index in [4.69, 9.17) is 0 Å². The number of benzene rings is 1. The highest BCUT2D eigenvalue weighted by Crippen LogP contribution is 2.30. The molecule has 0 aliphatic rings. The molecule has 0 atom stereocenters. The molecular weight excluding hydrogens is 372 g/mol. The summed E-state index contributed by atoms with van der Waals surface area (Å²) >= 11 is 0.999. The lowest BCUT2D eigenvalue weighted by molar-refractivity contribution is 0.0800. The highest BCUT2D eigenvalue weighted by atomic mass is 32.2. The predicted molar refractivity (Wildman–Crippen MR) is 101 cm³/mol. The Balaban J connectivity index is 1.96. The Kier molecular flexibility index (Phi) is 4.52. The first kappa shape index (κ1) is 18.4. The van der Waals surface area contributed by atoms with Crippen LogP contribution in [-0.4, -0.2) is 29.1 Å². The van der Waals surface area contributed by atoms with Gasteiger partial charge in [0.25, 0.3) is 10.0 Å². The summed E-state index contributed by atoms with van der Waals surface area (Å²) in [5.74, 6) is 0. The number of fused-ring (bicyclic) bond motifs is 1. The lowest BCUT2D eigenvalue weighted by atomic mass is 10.0. The summed E-state index contributed by atoms with van der Waals surface area (Å²) in [5, 5.41) is 21.4. The van der Waals surface area contributed by atoms with Gasteiger partial charge in [0.15, 0.2) is 0 Å². The molecule has 3 rings (SSSR count). The van der Waals surface area contributed by atoms with E-state index in [9.17, 15) is 18.8 Å². The van der Waals surface area contributed by atoms with Crippen molar-refractivity contribution in [3.05, 3.63) is 40.5 Å². The normalized spacial score (nSPS) is 12.3. The molecule has 2 heterocycles. The van der Waals surface area contributed by atoms with Crippen molar-refractivity contribution in [2.75, 3.05) is 4.72 Å². The number of H-pyrrole nitrogens is 1. The van der Waals surface area contributed by atoms with E-state index in [0.717, 1.165) is 16.9 Å². The fourth-order valence-electron chi connectivity index (χ4n) is 2.72. The Bertz CT molecular complexity index is 1120. The first-order valence-electron chi connectivity index (χ1n) is 7.81. The number of aliphatic hydroxyl groups is 1. The number of sulfonamides is 1. The van der Waals surface area contributed by atoms with Crippen molar-refractivity contribution in [2.45, 2.75) is 37.1 Å². The number of nitriles is 1. The number of anilines is 1. The molecule has 0 fully saturated rings. The lowest BCUT2D eigenvalue weighted by Crippen LogP contribution is -2.22. The SMILES string of the molecule is Cc1ccc(NS(=O)(=O)c2nc(CC(C)(C)O)cs2)c2[nH]cc(C#N)c12. The number of rotatable bonds is 5. The molecule has 2 aromatic heterocycles. The van der Waals surface area contributed by atoms with Gasteiger partial charge in [-0.25, -0.2) is 4.98 Å². The Morgan fingerprint density at radius 3 is 2.81 bits per heavy atom. The molecule has 0 saturated heterocycles. The number of hydrogen-bond donors (Lipinski definition) is 3. The Hall–Kier alpha value is -2.41. The molecule has 0 aliphatic carbocycles. The van der Waals surface area contributed by atoms with Gasteiger partial charge in [-0.1, -0.05) is 6.07 Å². The predicted octanol–water partition coefficient (Wildman–Crippen LogP) is 2.92. The maximum atomic E-state index is 12.7. The van der Waals surface area contributed by atoms with Crippen LogP contribution in [0, 0.1) is 18.3 Å². The molecule has 0 spiro atoms. The molecule has 7 nitrogen and oxygen atoms in total. The van der Waals surface area contributed by atoms with Gasteiger partial charge >= 0.3 is 0 Å². The summed E-state index contributed by atoms with van der Waals surface area (Å²) in [6.07, 6.45) is 1.82. The van der Waals surface area contributed by atoms with E-state index in [1.165, 1.54) is 0 Å². The van der Waals surface area contributed by atoms with Crippen molar-refractivity contribution < 1.29 is 13.5 Å². The van der Waals surface area contributed by atoms with E-state index >= 15 is 0 Å². The average Bonchev–Trinajstić information content (AvgIpc) is 3.15. The molecule has 136 valence electrons. The summed E-state index contributed by atoms with van der Waals surface area (Å²) in [4.78, 5) is 7.09. The highest BCUT2D eigenvalue weighted by Gasteiger charge is 2.23. The van der Waals surface area contributed by atoms with Gasteiger partial charge in [-0.2, -0.15) is 13.7 Å². The summed E-state index contributed by atoms with van der Waals surface area (Å²) in [5.41, 5.74) is 1.79. The number of thiazole rings is 1. The summed E-state index contributed by atoms with van der Waals surface area (Å²) < 4.78 is 27.8. The average molecular weight is 390 g/mol. The second-order valence-corrected chi connectivity index (χ2v) is 9.41. The summed E-state index contributed by atoms with van der Waals surface area (Å²) in [6, 6.07) is 5.51. The van der Waals surface area contributed by atoms with Crippen LogP contribution in [0.2, 0.25) is 0 Å². The molecule has 0 radical (unpaired) electrons. The third-order valence-electron chi connectivity index (χ3n) is 3.78. The third-order valence-corrected chi connectivity index (χ3v) is 6.45. The van der Waals surface area contributed by atoms with Gasteiger partial charge in [0, 0.05) is 23.4 Å². The number of nitrogens with one attached hydrogen (secondary N) is 2. The molecule has 26 heavy (non-hydrogen) atoms. The second kappa shape index (κ2) is 6.39. The van der Waals surface area contributed by atoms with Crippen LogP contribution >= 0.6 is 11.3 Å². The van der Waals surface area contributed by atoms with E-state index in [-0.39, 0.29) is 10.8 Å². The second-order valence-electron chi connectivity index (χ2n) is 6.69. The third kappa shape index (κ3) is 3.58. The van der Waals surface area contributed by atoms with Crippen molar-refractivity contribution in [2.24, 2.45) is 0 Å². The van der Waals surface area contributed by atoms with Gasteiger partial charge in [0.05, 0.1) is 28.1 Å². The molecule has 9 heteroatoms. The lowest BCUT2D eigenvalue weighted by Gasteiger charge is -2.14. The van der Waals surface area contributed by atoms with Gasteiger partial charge in [-0.15, -0.1) is 11.3 Å². The van der Waals surface area contributed by atoms with Crippen LogP contribution in [0.4, 0.5) is 5.69 Å². The highest BCUT2D eigenvalue weighted by molar-refractivity contribution is 7.94. The van der Waals surface area contributed by atoms with Crippen LogP contribution in [0.3, 0.4) is 0 Å². The van der Waals surface area contributed by atoms with Crippen molar-refractivity contribution in [3.8, 4) is 6.07 Å². The zero-order valence-electron chi connectivity index (χ0n) is 14.5. The number of aromatic amines is 1.